The summed E-state index contributed by atoms with van der Waals surface area (Å²) in [6.45, 7) is 3.99. The summed E-state index contributed by atoms with van der Waals surface area (Å²) >= 11 is 3.37. The van der Waals surface area contributed by atoms with Crippen molar-refractivity contribution in [3.8, 4) is 0 Å². The quantitative estimate of drug-likeness (QED) is 0.743. The zero-order chi connectivity index (χ0) is 10.8. The van der Waals surface area contributed by atoms with E-state index in [1.165, 1.54) is 0 Å². The first-order valence-electron chi connectivity index (χ1n) is 5.15. The molecule has 0 heterocycles. The van der Waals surface area contributed by atoms with Gasteiger partial charge in [-0.05, 0) is 18.3 Å². The Hall–Kier alpha value is 0.430. The van der Waals surface area contributed by atoms with Crippen molar-refractivity contribution in [2.45, 2.75) is 44.8 Å². The standard InChI is InChI=1S/C10H19BrO2S/c1-10(2,7-11)8-14(12,13)9-5-3-4-6-9/h9H,3-8H2,1-2H3. The maximum atomic E-state index is 12.0. The van der Waals surface area contributed by atoms with Crippen LogP contribution < -0.4 is 0 Å². The van der Waals surface area contributed by atoms with E-state index in [9.17, 15) is 8.42 Å². The fraction of sp³-hybridized carbons (Fsp3) is 1.00. The van der Waals surface area contributed by atoms with Crippen LogP contribution in [0.25, 0.3) is 0 Å². The van der Waals surface area contributed by atoms with Gasteiger partial charge in [0.25, 0.3) is 0 Å². The molecule has 1 rings (SSSR count). The fourth-order valence-electron chi connectivity index (χ4n) is 1.95. The molecule has 0 aromatic heterocycles. The summed E-state index contributed by atoms with van der Waals surface area (Å²) < 4.78 is 24.0. The average molecular weight is 283 g/mol. The Bertz CT molecular complexity index is 276. The van der Waals surface area contributed by atoms with Crippen molar-refractivity contribution in [3.05, 3.63) is 0 Å². The van der Waals surface area contributed by atoms with E-state index in [0.29, 0.717) is 5.75 Å². The van der Waals surface area contributed by atoms with Crippen LogP contribution in [0, 0.1) is 5.41 Å². The topological polar surface area (TPSA) is 34.1 Å². The summed E-state index contributed by atoms with van der Waals surface area (Å²) in [5, 5.41) is 0.687. The zero-order valence-corrected chi connectivity index (χ0v) is 11.3. The van der Waals surface area contributed by atoms with E-state index in [1.807, 2.05) is 13.8 Å². The molecule has 0 N–H and O–H groups in total. The van der Waals surface area contributed by atoms with Gasteiger partial charge in [0.15, 0.2) is 9.84 Å². The van der Waals surface area contributed by atoms with Gasteiger partial charge < -0.3 is 0 Å². The molecule has 14 heavy (non-hydrogen) atoms. The van der Waals surface area contributed by atoms with Crippen molar-refractivity contribution in [2.24, 2.45) is 5.41 Å². The monoisotopic (exact) mass is 282 g/mol. The first-order chi connectivity index (χ1) is 6.37. The summed E-state index contributed by atoms with van der Waals surface area (Å²) in [7, 11) is -2.86. The van der Waals surface area contributed by atoms with E-state index in [1.54, 1.807) is 0 Å². The zero-order valence-electron chi connectivity index (χ0n) is 8.92. The average Bonchev–Trinajstić information content (AvgIpc) is 2.54. The summed E-state index contributed by atoms with van der Waals surface area (Å²) in [5.41, 5.74) is -0.137. The molecule has 84 valence electrons. The Morgan fingerprint density at radius 1 is 1.29 bits per heavy atom. The lowest BCUT2D eigenvalue weighted by atomic mass is 10.0. The molecular formula is C10H19BrO2S. The van der Waals surface area contributed by atoms with Crippen LogP contribution in [0.1, 0.15) is 39.5 Å². The van der Waals surface area contributed by atoms with E-state index in [0.717, 1.165) is 31.0 Å². The van der Waals surface area contributed by atoms with Crippen LogP contribution in [0.3, 0.4) is 0 Å². The van der Waals surface area contributed by atoms with Gasteiger partial charge >= 0.3 is 0 Å². The van der Waals surface area contributed by atoms with Gasteiger partial charge in [-0.25, -0.2) is 8.42 Å². The lowest BCUT2D eigenvalue weighted by molar-refractivity contribution is 0.470. The summed E-state index contributed by atoms with van der Waals surface area (Å²) in [6, 6.07) is 0. The van der Waals surface area contributed by atoms with Gasteiger partial charge in [-0.1, -0.05) is 42.6 Å². The SMILES string of the molecule is CC(C)(CBr)CS(=O)(=O)C1CCCC1. The van der Waals surface area contributed by atoms with E-state index in [-0.39, 0.29) is 10.7 Å². The van der Waals surface area contributed by atoms with Gasteiger partial charge in [0.1, 0.15) is 0 Å². The van der Waals surface area contributed by atoms with Gasteiger partial charge in [-0.3, -0.25) is 0 Å². The lowest BCUT2D eigenvalue weighted by Crippen LogP contribution is -2.31. The second kappa shape index (κ2) is 4.52. The number of hydrogen-bond acceptors (Lipinski definition) is 2. The highest BCUT2D eigenvalue weighted by Crippen LogP contribution is 2.30. The van der Waals surface area contributed by atoms with E-state index in [2.05, 4.69) is 15.9 Å². The van der Waals surface area contributed by atoms with Gasteiger partial charge in [0.05, 0.1) is 11.0 Å². The highest BCUT2D eigenvalue weighted by atomic mass is 79.9. The Labute approximate surface area is 95.5 Å². The minimum Gasteiger partial charge on any atom is -0.229 e. The maximum Gasteiger partial charge on any atom is 0.153 e. The number of sulfone groups is 1. The van der Waals surface area contributed by atoms with Gasteiger partial charge in [-0.2, -0.15) is 0 Å². The number of alkyl halides is 1. The molecule has 0 spiro atoms. The Morgan fingerprint density at radius 2 is 1.79 bits per heavy atom. The molecule has 0 unspecified atom stereocenters. The summed E-state index contributed by atoms with van der Waals surface area (Å²) in [5.74, 6) is 0.315. The highest BCUT2D eigenvalue weighted by Gasteiger charge is 2.33. The molecular weight excluding hydrogens is 264 g/mol. The van der Waals surface area contributed by atoms with Crippen molar-refractivity contribution < 1.29 is 8.42 Å². The van der Waals surface area contributed by atoms with Gasteiger partial charge in [0, 0.05) is 5.33 Å². The molecule has 1 fully saturated rings. The smallest absolute Gasteiger partial charge is 0.153 e. The Morgan fingerprint density at radius 3 is 2.21 bits per heavy atom. The molecule has 0 radical (unpaired) electrons. The molecule has 0 atom stereocenters. The lowest BCUT2D eigenvalue weighted by Gasteiger charge is -2.23. The van der Waals surface area contributed by atoms with E-state index >= 15 is 0 Å². The van der Waals surface area contributed by atoms with E-state index < -0.39 is 9.84 Å². The fourth-order valence-corrected chi connectivity index (χ4v) is 4.89. The minimum absolute atomic E-state index is 0.0548. The predicted octanol–water partition coefficient (Wildman–Crippen LogP) is 2.76. The first kappa shape index (κ1) is 12.5. The van der Waals surface area contributed by atoms with Crippen molar-refractivity contribution in [1.82, 2.24) is 0 Å². The number of hydrogen-bond donors (Lipinski definition) is 0. The number of halogens is 1. The molecule has 2 nitrogen and oxygen atoms in total. The van der Waals surface area contributed by atoms with Crippen LogP contribution in [-0.2, 0) is 9.84 Å². The highest BCUT2D eigenvalue weighted by molar-refractivity contribution is 9.09. The van der Waals surface area contributed by atoms with Crippen LogP contribution >= 0.6 is 15.9 Å². The van der Waals surface area contributed by atoms with Crippen LogP contribution in [0.2, 0.25) is 0 Å². The molecule has 0 aromatic carbocycles. The molecule has 0 saturated heterocycles. The predicted molar refractivity (Wildman–Crippen MR) is 63.6 cm³/mol. The Balaban J connectivity index is 2.66. The van der Waals surface area contributed by atoms with E-state index in [4.69, 9.17) is 0 Å². The van der Waals surface area contributed by atoms with Gasteiger partial charge in [-0.15, -0.1) is 0 Å². The van der Waals surface area contributed by atoms with Crippen molar-refractivity contribution in [3.63, 3.8) is 0 Å². The molecule has 1 aliphatic carbocycles. The first-order valence-corrected chi connectivity index (χ1v) is 7.99. The summed E-state index contributed by atoms with van der Waals surface area (Å²) in [6.07, 6.45) is 3.92. The van der Waals surface area contributed by atoms with Gasteiger partial charge in [0.2, 0.25) is 0 Å². The van der Waals surface area contributed by atoms with Crippen molar-refractivity contribution >= 4 is 25.8 Å². The molecule has 0 aliphatic heterocycles. The molecule has 0 aromatic rings. The summed E-state index contributed by atoms with van der Waals surface area (Å²) in [4.78, 5) is 0. The van der Waals surface area contributed by atoms with Crippen molar-refractivity contribution in [1.29, 1.82) is 0 Å². The number of rotatable bonds is 4. The largest absolute Gasteiger partial charge is 0.229 e. The van der Waals surface area contributed by atoms with Crippen molar-refractivity contribution in [2.75, 3.05) is 11.1 Å². The van der Waals surface area contributed by atoms with Crippen LogP contribution in [0.5, 0.6) is 0 Å². The third kappa shape index (κ3) is 3.23. The van der Waals surface area contributed by atoms with Crippen LogP contribution in [0.15, 0.2) is 0 Å². The third-order valence-corrected chi connectivity index (χ3v) is 6.95. The molecule has 4 heteroatoms. The second-order valence-corrected chi connectivity index (χ2v) is 7.85. The Kier molecular flexibility index (Phi) is 4.03. The van der Waals surface area contributed by atoms with Crippen LogP contribution in [-0.4, -0.2) is 24.8 Å². The maximum absolute atomic E-state index is 12.0. The second-order valence-electron chi connectivity index (χ2n) is 5.01. The minimum atomic E-state index is -2.86. The molecule has 0 amide bonds. The third-order valence-electron chi connectivity index (χ3n) is 2.76. The molecule has 1 saturated carbocycles. The molecule has 0 bridgehead atoms. The van der Waals surface area contributed by atoms with Crippen LogP contribution in [0.4, 0.5) is 0 Å². The normalized spacial score (nSPS) is 20.2. The molecule has 1 aliphatic rings.